The molecule has 24 heavy (non-hydrogen) atoms. The van der Waals surface area contributed by atoms with Gasteiger partial charge in [0.25, 0.3) is 0 Å². The van der Waals surface area contributed by atoms with E-state index in [9.17, 15) is 4.79 Å². The zero-order chi connectivity index (χ0) is 17.1. The van der Waals surface area contributed by atoms with Crippen LogP contribution >= 0.6 is 11.8 Å². The number of rotatable bonds is 4. The third kappa shape index (κ3) is 3.41. The fourth-order valence-electron chi connectivity index (χ4n) is 2.15. The van der Waals surface area contributed by atoms with Crippen molar-refractivity contribution in [1.82, 2.24) is 14.8 Å². The van der Waals surface area contributed by atoms with Gasteiger partial charge in [0, 0.05) is 18.0 Å². The molecule has 0 aliphatic heterocycles. The molecular formula is C17H17N5OS. The lowest BCUT2D eigenvalue weighted by atomic mass is 10.2. The minimum absolute atomic E-state index is 0.201. The average Bonchev–Trinajstić information content (AvgIpc) is 2.87. The van der Waals surface area contributed by atoms with Gasteiger partial charge in [-0.2, -0.15) is 9.78 Å². The highest BCUT2D eigenvalue weighted by Gasteiger charge is 2.19. The van der Waals surface area contributed by atoms with Gasteiger partial charge in [0.1, 0.15) is 10.7 Å². The number of anilines is 2. The van der Waals surface area contributed by atoms with E-state index in [-0.39, 0.29) is 5.91 Å². The number of nitrogens with one attached hydrogen (secondary N) is 1. The monoisotopic (exact) mass is 339 g/mol. The predicted molar refractivity (Wildman–Crippen MR) is 95.4 cm³/mol. The van der Waals surface area contributed by atoms with Crippen LogP contribution in [0.2, 0.25) is 0 Å². The van der Waals surface area contributed by atoms with E-state index in [0.717, 1.165) is 4.90 Å². The fourth-order valence-corrected chi connectivity index (χ4v) is 3.02. The maximum Gasteiger partial charge on any atom is 0.221 e. The van der Waals surface area contributed by atoms with Crippen molar-refractivity contribution in [3.63, 3.8) is 0 Å². The summed E-state index contributed by atoms with van der Waals surface area (Å²) < 4.78 is 1.53. The van der Waals surface area contributed by atoms with Gasteiger partial charge in [-0.1, -0.05) is 35.5 Å². The van der Waals surface area contributed by atoms with Crippen molar-refractivity contribution in [2.24, 2.45) is 0 Å². The molecule has 1 amide bonds. The summed E-state index contributed by atoms with van der Waals surface area (Å²) in [6, 6.07) is 13.6. The Hall–Kier alpha value is -2.80. The highest BCUT2D eigenvalue weighted by Crippen LogP contribution is 2.37. The Bertz CT molecular complexity index is 859. The van der Waals surface area contributed by atoms with Gasteiger partial charge < -0.3 is 11.1 Å². The van der Waals surface area contributed by atoms with E-state index in [1.165, 1.54) is 28.9 Å². The van der Waals surface area contributed by atoms with Crippen LogP contribution < -0.4 is 11.1 Å². The van der Waals surface area contributed by atoms with Crippen LogP contribution in [0.1, 0.15) is 12.5 Å². The molecule has 0 aliphatic rings. The highest BCUT2D eigenvalue weighted by atomic mass is 32.2. The standard InChI is InChI=1S/C17H17N5OS/c1-11-6-8-13(9-7-11)24-17-15(20-12(2)23)16(18)22(21-17)14-5-3-4-10-19-14/h3-10H,18H2,1-2H3,(H,20,23). The number of nitrogens with two attached hydrogens (primary N) is 1. The molecule has 3 N–H and O–H groups in total. The smallest absolute Gasteiger partial charge is 0.221 e. The van der Waals surface area contributed by atoms with Crippen molar-refractivity contribution in [2.45, 2.75) is 23.8 Å². The van der Waals surface area contributed by atoms with Gasteiger partial charge in [0.15, 0.2) is 11.6 Å². The van der Waals surface area contributed by atoms with Crippen molar-refractivity contribution in [3.8, 4) is 5.82 Å². The molecule has 2 aromatic heterocycles. The number of hydrogen-bond acceptors (Lipinski definition) is 5. The lowest BCUT2D eigenvalue weighted by Crippen LogP contribution is -2.09. The number of carbonyl (C=O) groups is 1. The van der Waals surface area contributed by atoms with E-state index in [0.29, 0.717) is 22.3 Å². The first kappa shape index (κ1) is 16.1. The maximum absolute atomic E-state index is 11.5. The molecule has 1 aromatic carbocycles. The molecule has 0 atom stereocenters. The number of aromatic nitrogens is 3. The van der Waals surface area contributed by atoms with Crippen molar-refractivity contribution in [1.29, 1.82) is 0 Å². The summed E-state index contributed by atoms with van der Waals surface area (Å²) in [7, 11) is 0. The van der Waals surface area contributed by atoms with Crippen molar-refractivity contribution in [2.75, 3.05) is 11.1 Å². The van der Waals surface area contributed by atoms with Crippen LogP contribution in [0.25, 0.3) is 5.82 Å². The van der Waals surface area contributed by atoms with Crippen LogP contribution in [-0.2, 0) is 4.79 Å². The van der Waals surface area contributed by atoms with Gasteiger partial charge >= 0.3 is 0 Å². The van der Waals surface area contributed by atoms with E-state index in [1.807, 2.05) is 43.3 Å². The minimum atomic E-state index is -0.201. The maximum atomic E-state index is 11.5. The summed E-state index contributed by atoms with van der Waals surface area (Å²) >= 11 is 1.44. The normalized spacial score (nSPS) is 10.6. The van der Waals surface area contributed by atoms with Gasteiger partial charge in [0.2, 0.25) is 5.91 Å². The second kappa shape index (κ2) is 6.76. The first-order chi connectivity index (χ1) is 11.5. The Morgan fingerprint density at radius 1 is 1.21 bits per heavy atom. The summed E-state index contributed by atoms with van der Waals surface area (Å²) in [4.78, 5) is 16.8. The van der Waals surface area contributed by atoms with Gasteiger partial charge in [0.05, 0.1) is 0 Å². The molecule has 0 saturated carbocycles. The Morgan fingerprint density at radius 2 is 1.96 bits per heavy atom. The Labute approximate surface area is 144 Å². The molecule has 122 valence electrons. The number of amides is 1. The fraction of sp³-hybridized carbons (Fsp3) is 0.118. The van der Waals surface area contributed by atoms with Crippen molar-refractivity contribution >= 4 is 29.2 Å². The molecule has 0 bridgehead atoms. The minimum Gasteiger partial charge on any atom is -0.382 e. The predicted octanol–water partition coefficient (Wildman–Crippen LogP) is 3.27. The molecule has 0 unspecified atom stereocenters. The third-order valence-corrected chi connectivity index (χ3v) is 4.28. The number of hydrogen-bond donors (Lipinski definition) is 2. The van der Waals surface area contributed by atoms with Gasteiger partial charge in [-0.3, -0.25) is 4.79 Å². The zero-order valence-electron chi connectivity index (χ0n) is 13.4. The average molecular weight is 339 g/mol. The van der Waals surface area contributed by atoms with E-state index in [1.54, 1.807) is 12.3 Å². The number of nitrogen functional groups attached to an aromatic ring is 1. The Balaban J connectivity index is 2.03. The molecule has 6 nitrogen and oxygen atoms in total. The molecule has 0 radical (unpaired) electrons. The quantitative estimate of drug-likeness (QED) is 0.762. The second-order valence-electron chi connectivity index (χ2n) is 5.26. The molecule has 0 aliphatic carbocycles. The summed E-state index contributed by atoms with van der Waals surface area (Å²) in [5.41, 5.74) is 7.87. The highest BCUT2D eigenvalue weighted by molar-refractivity contribution is 7.99. The molecule has 0 fully saturated rings. The molecular weight excluding hydrogens is 322 g/mol. The topological polar surface area (TPSA) is 85.8 Å². The number of benzene rings is 1. The largest absolute Gasteiger partial charge is 0.382 e. The van der Waals surface area contributed by atoms with Crippen LogP contribution in [0, 0.1) is 6.92 Å². The van der Waals surface area contributed by atoms with Crippen LogP contribution in [0.15, 0.2) is 58.6 Å². The SMILES string of the molecule is CC(=O)Nc1c(Sc2ccc(C)cc2)nn(-c2ccccn2)c1N. The zero-order valence-corrected chi connectivity index (χ0v) is 14.2. The van der Waals surface area contributed by atoms with Crippen molar-refractivity contribution in [3.05, 3.63) is 54.2 Å². The lowest BCUT2D eigenvalue weighted by molar-refractivity contribution is -0.114. The van der Waals surface area contributed by atoms with Gasteiger partial charge in [-0.25, -0.2) is 4.98 Å². The van der Waals surface area contributed by atoms with Gasteiger partial charge in [-0.15, -0.1) is 0 Å². The third-order valence-electron chi connectivity index (χ3n) is 3.29. The summed E-state index contributed by atoms with van der Waals surface area (Å²) in [5, 5.41) is 7.92. The van der Waals surface area contributed by atoms with Crippen molar-refractivity contribution < 1.29 is 4.79 Å². The molecule has 3 rings (SSSR count). The summed E-state index contributed by atoms with van der Waals surface area (Å²) in [5.74, 6) is 0.740. The van der Waals surface area contributed by atoms with Gasteiger partial charge in [-0.05, 0) is 31.2 Å². The number of carbonyl (C=O) groups excluding carboxylic acids is 1. The van der Waals surface area contributed by atoms with E-state index in [4.69, 9.17) is 5.73 Å². The van der Waals surface area contributed by atoms with Crippen LogP contribution in [-0.4, -0.2) is 20.7 Å². The van der Waals surface area contributed by atoms with E-state index >= 15 is 0 Å². The summed E-state index contributed by atoms with van der Waals surface area (Å²) in [6.45, 7) is 3.48. The summed E-state index contributed by atoms with van der Waals surface area (Å²) in [6.07, 6.45) is 1.67. The van der Waals surface area contributed by atoms with E-state index in [2.05, 4.69) is 15.4 Å². The molecule has 3 aromatic rings. The second-order valence-corrected chi connectivity index (χ2v) is 6.32. The number of pyridine rings is 1. The molecule has 0 saturated heterocycles. The molecule has 7 heteroatoms. The lowest BCUT2D eigenvalue weighted by Gasteiger charge is -2.04. The van der Waals surface area contributed by atoms with Crippen LogP contribution in [0.3, 0.4) is 0 Å². The van der Waals surface area contributed by atoms with Crippen LogP contribution in [0.5, 0.6) is 0 Å². The first-order valence-electron chi connectivity index (χ1n) is 7.36. The Kier molecular flexibility index (Phi) is 4.52. The van der Waals surface area contributed by atoms with Crippen LogP contribution in [0.4, 0.5) is 11.5 Å². The number of nitrogens with zero attached hydrogens (tertiary/aromatic N) is 3. The first-order valence-corrected chi connectivity index (χ1v) is 8.18. The number of aryl methyl sites for hydroxylation is 1. The molecule has 2 heterocycles. The van der Waals surface area contributed by atoms with E-state index < -0.39 is 0 Å². The Morgan fingerprint density at radius 3 is 2.58 bits per heavy atom. The molecule has 0 spiro atoms.